The Balaban J connectivity index is 1.71. The van der Waals surface area contributed by atoms with Crippen molar-refractivity contribution in [2.24, 2.45) is 0 Å². The van der Waals surface area contributed by atoms with Gasteiger partial charge in [-0.3, -0.25) is 4.79 Å². The molecule has 5 heteroatoms. The molecule has 0 fully saturated rings. The Kier molecular flexibility index (Phi) is 4.19. The normalized spacial score (nSPS) is 17.6. The first-order valence-corrected chi connectivity index (χ1v) is 8.21. The molecule has 2 aromatic rings. The summed E-state index contributed by atoms with van der Waals surface area (Å²) in [5.74, 6) is -0.0105. The van der Waals surface area contributed by atoms with E-state index in [-0.39, 0.29) is 11.8 Å². The molecule has 1 aliphatic heterocycles. The first-order chi connectivity index (χ1) is 9.75. The molecule has 104 valence electrons. The Hall–Kier alpha value is -1.17. The van der Waals surface area contributed by atoms with Gasteiger partial charge in [0.2, 0.25) is 5.91 Å². The number of amides is 1. The van der Waals surface area contributed by atoms with E-state index in [1.165, 1.54) is 5.56 Å². The average molecular weight is 351 g/mol. The van der Waals surface area contributed by atoms with E-state index in [9.17, 15) is 4.79 Å². The third-order valence-corrected chi connectivity index (χ3v) is 5.45. The molecule has 1 aliphatic rings. The first kappa shape index (κ1) is 13.8. The minimum absolute atomic E-state index is 0.0879. The minimum atomic E-state index is -0.0984. The molecular formula is C15H15BrN2OS. The number of thiophene rings is 1. The maximum Gasteiger partial charge on any atom is 0.229 e. The minimum Gasteiger partial charge on any atom is -0.351 e. The predicted octanol–water partition coefficient (Wildman–Crippen LogP) is 3.01. The number of benzene rings is 1. The number of rotatable bonds is 3. The van der Waals surface area contributed by atoms with Crippen molar-refractivity contribution in [1.29, 1.82) is 0 Å². The Bertz CT molecular complexity index is 626. The van der Waals surface area contributed by atoms with Crippen molar-refractivity contribution < 1.29 is 4.79 Å². The molecule has 2 heterocycles. The predicted molar refractivity (Wildman–Crippen MR) is 84.8 cm³/mol. The van der Waals surface area contributed by atoms with E-state index in [0.717, 1.165) is 21.5 Å². The molecule has 1 unspecified atom stereocenters. The summed E-state index contributed by atoms with van der Waals surface area (Å²) >= 11 is 5.13. The lowest BCUT2D eigenvalue weighted by Gasteiger charge is -2.25. The second-order valence-corrected chi connectivity index (χ2v) is 6.65. The van der Waals surface area contributed by atoms with Crippen LogP contribution in [0.4, 0.5) is 0 Å². The molecule has 0 saturated heterocycles. The molecule has 1 aromatic carbocycles. The Morgan fingerprint density at radius 2 is 2.25 bits per heavy atom. The van der Waals surface area contributed by atoms with Gasteiger partial charge in [-0.1, -0.05) is 24.3 Å². The number of hydrogen-bond acceptors (Lipinski definition) is 3. The number of hydrogen-bond donors (Lipinski definition) is 2. The van der Waals surface area contributed by atoms with E-state index in [1.807, 2.05) is 23.6 Å². The smallest absolute Gasteiger partial charge is 0.229 e. The third-order valence-electron chi connectivity index (χ3n) is 3.53. The Morgan fingerprint density at radius 3 is 3.05 bits per heavy atom. The summed E-state index contributed by atoms with van der Waals surface area (Å²) in [6, 6.07) is 10.2. The van der Waals surface area contributed by atoms with E-state index < -0.39 is 0 Å². The van der Waals surface area contributed by atoms with Crippen LogP contribution in [0.25, 0.3) is 0 Å². The van der Waals surface area contributed by atoms with Gasteiger partial charge in [-0.2, -0.15) is 0 Å². The number of carbonyl (C=O) groups excluding carboxylic acids is 1. The molecule has 1 aromatic heterocycles. The summed E-state index contributed by atoms with van der Waals surface area (Å²) in [4.78, 5) is 13.6. The van der Waals surface area contributed by atoms with Crippen LogP contribution in [0, 0.1) is 0 Å². The van der Waals surface area contributed by atoms with Gasteiger partial charge in [0.05, 0.1) is 12.5 Å². The molecule has 1 amide bonds. The van der Waals surface area contributed by atoms with Crippen molar-refractivity contribution in [3.8, 4) is 0 Å². The highest BCUT2D eigenvalue weighted by Gasteiger charge is 2.25. The van der Waals surface area contributed by atoms with Gasteiger partial charge in [0.15, 0.2) is 0 Å². The third kappa shape index (κ3) is 2.80. The molecule has 0 aliphatic carbocycles. The number of halogens is 1. The zero-order valence-electron chi connectivity index (χ0n) is 10.9. The van der Waals surface area contributed by atoms with Crippen molar-refractivity contribution in [1.82, 2.24) is 10.6 Å². The monoisotopic (exact) mass is 350 g/mol. The van der Waals surface area contributed by atoms with Gasteiger partial charge >= 0.3 is 0 Å². The van der Waals surface area contributed by atoms with Gasteiger partial charge in [0, 0.05) is 22.4 Å². The number of nitrogens with one attached hydrogen (secondary N) is 2. The van der Waals surface area contributed by atoms with E-state index >= 15 is 0 Å². The van der Waals surface area contributed by atoms with Crippen LogP contribution in [0.5, 0.6) is 0 Å². The quantitative estimate of drug-likeness (QED) is 0.893. The molecule has 0 bridgehead atoms. The van der Waals surface area contributed by atoms with E-state index in [1.54, 1.807) is 11.3 Å². The highest BCUT2D eigenvalue weighted by atomic mass is 79.9. The largest absolute Gasteiger partial charge is 0.351 e. The van der Waals surface area contributed by atoms with Crippen LogP contribution < -0.4 is 10.6 Å². The van der Waals surface area contributed by atoms with E-state index in [4.69, 9.17) is 0 Å². The molecule has 3 nitrogen and oxygen atoms in total. The number of fused-ring (bicyclic) bond motifs is 1. The summed E-state index contributed by atoms with van der Waals surface area (Å²) < 4.78 is 1.06. The van der Waals surface area contributed by atoms with Crippen LogP contribution in [-0.2, 0) is 17.9 Å². The van der Waals surface area contributed by atoms with Crippen molar-refractivity contribution >= 4 is 33.2 Å². The fourth-order valence-corrected chi connectivity index (χ4v) is 3.90. The van der Waals surface area contributed by atoms with Crippen LogP contribution in [0.2, 0.25) is 0 Å². The Labute approximate surface area is 130 Å². The fourth-order valence-electron chi connectivity index (χ4n) is 2.47. The van der Waals surface area contributed by atoms with Gasteiger partial charge < -0.3 is 10.6 Å². The van der Waals surface area contributed by atoms with Crippen molar-refractivity contribution in [3.05, 3.63) is 56.2 Å². The number of carbonyl (C=O) groups is 1. The van der Waals surface area contributed by atoms with E-state index in [0.29, 0.717) is 13.1 Å². The summed E-state index contributed by atoms with van der Waals surface area (Å²) in [6.45, 7) is 2.13. The fraction of sp³-hybridized carbons (Fsp3) is 0.267. The van der Waals surface area contributed by atoms with Crippen molar-refractivity contribution in [2.75, 3.05) is 6.54 Å². The second kappa shape index (κ2) is 6.08. The Morgan fingerprint density at radius 1 is 1.40 bits per heavy atom. The average Bonchev–Trinajstić information content (AvgIpc) is 2.89. The van der Waals surface area contributed by atoms with Crippen molar-refractivity contribution in [2.45, 2.75) is 19.0 Å². The summed E-state index contributed by atoms with van der Waals surface area (Å²) in [6.07, 6.45) is 0. The molecule has 20 heavy (non-hydrogen) atoms. The first-order valence-electron chi connectivity index (χ1n) is 6.54. The molecule has 0 saturated carbocycles. The zero-order valence-corrected chi connectivity index (χ0v) is 13.3. The van der Waals surface area contributed by atoms with Crippen LogP contribution in [0.1, 0.15) is 21.9 Å². The molecule has 3 rings (SSSR count). The zero-order chi connectivity index (χ0) is 13.9. The van der Waals surface area contributed by atoms with Crippen LogP contribution in [0.3, 0.4) is 0 Å². The summed E-state index contributed by atoms with van der Waals surface area (Å²) in [7, 11) is 0. The maximum absolute atomic E-state index is 12.4. The molecule has 0 spiro atoms. The summed E-state index contributed by atoms with van der Waals surface area (Å²) in [5.41, 5.74) is 2.37. The van der Waals surface area contributed by atoms with Gasteiger partial charge in [0.25, 0.3) is 0 Å². The highest BCUT2D eigenvalue weighted by molar-refractivity contribution is 9.10. The van der Waals surface area contributed by atoms with E-state index in [2.05, 4.69) is 38.7 Å². The summed E-state index contributed by atoms with van der Waals surface area (Å²) in [5, 5.41) is 8.36. The van der Waals surface area contributed by atoms with Gasteiger partial charge in [-0.05, 0) is 38.5 Å². The lowest BCUT2D eigenvalue weighted by molar-refractivity contribution is -0.122. The second-order valence-electron chi connectivity index (χ2n) is 4.79. The van der Waals surface area contributed by atoms with Gasteiger partial charge in [0.1, 0.15) is 0 Å². The SMILES string of the molecule is O=C(NCc1sccc1Br)C1CNCc2ccccc21. The molecule has 2 N–H and O–H groups in total. The standard InChI is InChI=1S/C15H15BrN2OS/c16-13-5-6-20-14(13)9-18-15(19)12-8-17-7-10-3-1-2-4-11(10)12/h1-6,12,17H,7-9H2,(H,18,19). The maximum atomic E-state index is 12.4. The molecule has 0 radical (unpaired) electrons. The lowest BCUT2D eigenvalue weighted by Crippen LogP contribution is -2.38. The van der Waals surface area contributed by atoms with Crippen LogP contribution >= 0.6 is 27.3 Å². The molecule has 1 atom stereocenters. The van der Waals surface area contributed by atoms with Gasteiger partial charge in [-0.15, -0.1) is 11.3 Å². The van der Waals surface area contributed by atoms with Gasteiger partial charge in [-0.25, -0.2) is 0 Å². The van der Waals surface area contributed by atoms with Crippen LogP contribution in [-0.4, -0.2) is 12.5 Å². The highest BCUT2D eigenvalue weighted by Crippen LogP contribution is 2.25. The topological polar surface area (TPSA) is 41.1 Å². The van der Waals surface area contributed by atoms with Crippen molar-refractivity contribution in [3.63, 3.8) is 0 Å². The lowest BCUT2D eigenvalue weighted by atomic mass is 9.90. The van der Waals surface area contributed by atoms with Crippen LogP contribution in [0.15, 0.2) is 40.2 Å². The molecular weight excluding hydrogens is 336 g/mol.